The Labute approximate surface area is 214 Å². The van der Waals surface area contributed by atoms with E-state index in [1.165, 1.54) is 0 Å². The number of carbonyl (C=O) groups excluding carboxylic acids is 2. The molecular formula is C28H26ClN5O2. The van der Waals surface area contributed by atoms with Crippen LogP contribution in [0.4, 0.5) is 0 Å². The number of hydrogen-bond donors (Lipinski definition) is 0. The standard InChI is InChI=1S/C28H26ClN5O2/c29-23-7-9-26(30-17-23)34-11-10-21-16-22(6-8-25(21)34)28(36)33-18-24(19-33)31-12-14-32(15-13-31)27(35)20-4-2-1-3-5-20/h1-11,16-17,24H,12-15,18-19H2. The van der Waals surface area contributed by atoms with Crippen LogP contribution in [0, 0.1) is 0 Å². The van der Waals surface area contributed by atoms with Crippen LogP contribution < -0.4 is 0 Å². The maximum absolute atomic E-state index is 13.1. The smallest absolute Gasteiger partial charge is 0.253 e. The van der Waals surface area contributed by atoms with Crippen molar-refractivity contribution in [1.82, 2.24) is 24.3 Å². The van der Waals surface area contributed by atoms with Gasteiger partial charge in [0.15, 0.2) is 0 Å². The van der Waals surface area contributed by atoms with Gasteiger partial charge < -0.3 is 14.4 Å². The maximum atomic E-state index is 13.1. The van der Waals surface area contributed by atoms with Crippen molar-refractivity contribution in [3.05, 3.63) is 95.3 Å². The normalized spacial score (nSPS) is 16.8. The van der Waals surface area contributed by atoms with Crippen LogP contribution in [-0.4, -0.2) is 81.4 Å². The molecule has 2 amide bonds. The van der Waals surface area contributed by atoms with E-state index in [-0.39, 0.29) is 11.8 Å². The van der Waals surface area contributed by atoms with Crippen molar-refractivity contribution in [3.8, 4) is 5.82 Å². The summed E-state index contributed by atoms with van der Waals surface area (Å²) in [6, 6.07) is 21.3. The third-order valence-corrected chi connectivity index (χ3v) is 7.41. The fourth-order valence-electron chi connectivity index (χ4n) is 5.07. The monoisotopic (exact) mass is 499 g/mol. The first-order valence-electron chi connectivity index (χ1n) is 12.2. The molecule has 0 saturated carbocycles. The lowest BCUT2D eigenvalue weighted by atomic mass is 10.0. The molecular weight excluding hydrogens is 474 g/mol. The molecule has 36 heavy (non-hydrogen) atoms. The number of fused-ring (bicyclic) bond motifs is 1. The molecule has 0 N–H and O–H groups in total. The molecule has 4 heterocycles. The van der Waals surface area contributed by atoms with Gasteiger partial charge >= 0.3 is 0 Å². The van der Waals surface area contributed by atoms with E-state index in [9.17, 15) is 9.59 Å². The van der Waals surface area contributed by atoms with Gasteiger partial charge in [-0.15, -0.1) is 0 Å². The Hall–Kier alpha value is -3.68. The highest BCUT2D eigenvalue weighted by atomic mass is 35.5. The Balaban J connectivity index is 1.05. The van der Waals surface area contributed by atoms with Gasteiger partial charge in [0.1, 0.15) is 5.82 Å². The first kappa shape index (κ1) is 22.8. The number of rotatable bonds is 4. The molecule has 0 radical (unpaired) electrons. The van der Waals surface area contributed by atoms with Crippen molar-refractivity contribution in [2.45, 2.75) is 6.04 Å². The number of piperazine rings is 1. The van der Waals surface area contributed by atoms with Gasteiger partial charge in [-0.25, -0.2) is 4.98 Å². The van der Waals surface area contributed by atoms with Crippen LogP contribution >= 0.6 is 11.6 Å². The van der Waals surface area contributed by atoms with Crippen molar-refractivity contribution < 1.29 is 9.59 Å². The molecule has 2 aromatic carbocycles. The van der Waals surface area contributed by atoms with E-state index in [0.717, 1.165) is 48.5 Å². The zero-order valence-corrected chi connectivity index (χ0v) is 20.5. The number of benzene rings is 2. The van der Waals surface area contributed by atoms with E-state index in [1.54, 1.807) is 6.20 Å². The largest absolute Gasteiger partial charge is 0.336 e. The second-order valence-electron chi connectivity index (χ2n) is 9.35. The lowest BCUT2D eigenvalue weighted by molar-refractivity contribution is 0.00854. The van der Waals surface area contributed by atoms with E-state index in [2.05, 4.69) is 9.88 Å². The summed E-state index contributed by atoms with van der Waals surface area (Å²) in [5, 5.41) is 1.59. The van der Waals surface area contributed by atoms with Gasteiger partial charge in [-0.1, -0.05) is 29.8 Å². The van der Waals surface area contributed by atoms with E-state index >= 15 is 0 Å². The highest BCUT2D eigenvalue weighted by molar-refractivity contribution is 6.30. The molecule has 4 aromatic rings. The molecule has 8 heteroatoms. The number of halogens is 1. The van der Waals surface area contributed by atoms with Crippen LogP contribution in [0.1, 0.15) is 20.7 Å². The summed E-state index contributed by atoms with van der Waals surface area (Å²) in [4.78, 5) is 36.5. The average Bonchev–Trinajstić information content (AvgIpc) is 3.32. The summed E-state index contributed by atoms with van der Waals surface area (Å²) in [5.41, 5.74) is 2.43. The first-order valence-corrected chi connectivity index (χ1v) is 12.6. The number of pyridine rings is 1. The van der Waals surface area contributed by atoms with Crippen molar-refractivity contribution in [1.29, 1.82) is 0 Å². The van der Waals surface area contributed by atoms with Gasteiger partial charge in [0.2, 0.25) is 0 Å². The molecule has 0 aliphatic carbocycles. The van der Waals surface area contributed by atoms with E-state index < -0.39 is 0 Å². The second kappa shape index (κ2) is 9.41. The summed E-state index contributed by atoms with van der Waals surface area (Å²) in [5.74, 6) is 0.935. The van der Waals surface area contributed by atoms with Crippen LogP contribution in [0.3, 0.4) is 0 Å². The van der Waals surface area contributed by atoms with Crippen molar-refractivity contribution in [2.75, 3.05) is 39.3 Å². The van der Waals surface area contributed by atoms with Crippen molar-refractivity contribution in [2.24, 2.45) is 0 Å². The molecule has 7 nitrogen and oxygen atoms in total. The maximum Gasteiger partial charge on any atom is 0.253 e. The van der Waals surface area contributed by atoms with E-state index in [0.29, 0.717) is 29.7 Å². The van der Waals surface area contributed by atoms with Gasteiger partial charge in [-0.3, -0.25) is 14.5 Å². The fraction of sp³-hybridized carbons (Fsp3) is 0.250. The first-order chi connectivity index (χ1) is 17.6. The highest BCUT2D eigenvalue weighted by Gasteiger charge is 2.37. The van der Waals surface area contributed by atoms with Crippen LogP contribution in [0.2, 0.25) is 5.02 Å². The van der Waals surface area contributed by atoms with Crippen molar-refractivity contribution in [3.63, 3.8) is 0 Å². The van der Waals surface area contributed by atoms with Crippen LogP contribution in [0.25, 0.3) is 16.7 Å². The quantitative estimate of drug-likeness (QED) is 0.426. The SMILES string of the molecule is O=C(c1ccccc1)N1CCN(C2CN(C(=O)c3ccc4c(ccn4-c4ccc(Cl)cn4)c3)C2)CC1. The van der Waals surface area contributed by atoms with E-state index in [1.807, 2.05) is 87.3 Å². The Bertz CT molecular complexity index is 1410. The van der Waals surface area contributed by atoms with Gasteiger partial charge in [0, 0.05) is 74.2 Å². The predicted molar refractivity (Wildman–Crippen MR) is 140 cm³/mol. The molecule has 182 valence electrons. The lowest BCUT2D eigenvalue weighted by Crippen LogP contribution is -2.64. The zero-order chi connectivity index (χ0) is 24.6. The van der Waals surface area contributed by atoms with Crippen LogP contribution in [-0.2, 0) is 0 Å². The molecule has 2 fully saturated rings. The summed E-state index contributed by atoms with van der Waals surface area (Å²) in [7, 11) is 0. The Kier molecular flexibility index (Phi) is 5.95. The lowest BCUT2D eigenvalue weighted by Gasteiger charge is -2.48. The third-order valence-electron chi connectivity index (χ3n) is 7.18. The highest BCUT2D eigenvalue weighted by Crippen LogP contribution is 2.25. The van der Waals surface area contributed by atoms with Crippen LogP contribution in [0.15, 0.2) is 79.1 Å². The Morgan fingerprint density at radius 3 is 2.28 bits per heavy atom. The Morgan fingerprint density at radius 1 is 0.806 bits per heavy atom. The number of likely N-dealkylation sites (tertiary alicyclic amines) is 1. The number of carbonyl (C=O) groups is 2. The van der Waals surface area contributed by atoms with Gasteiger partial charge in [0.05, 0.1) is 10.5 Å². The van der Waals surface area contributed by atoms with Gasteiger partial charge in [-0.2, -0.15) is 0 Å². The minimum absolute atomic E-state index is 0.0587. The van der Waals surface area contributed by atoms with E-state index in [4.69, 9.17) is 11.6 Å². The molecule has 2 saturated heterocycles. The number of nitrogens with zero attached hydrogens (tertiary/aromatic N) is 5. The number of hydrogen-bond acceptors (Lipinski definition) is 4. The minimum Gasteiger partial charge on any atom is -0.336 e. The molecule has 2 aliphatic rings. The molecule has 0 bridgehead atoms. The molecule has 0 spiro atoms. The van der Waals surface area contributed by atoms with Gasteiger partial charge in [0.25, 0.3) is 11.8 Å². The zero-order valence-electron chi connectivity index (χ0n) is 19.8. The molecule has 2 aliphatic heterocycles. The second-order valence-corrected chi connectivity index (χ2v) is 9.79. The number of aromatic nitrogens is 2. The summed E-state index contributed by atoms with van der Waals surface area (Å²) < 4.78 is 1.99. The minimum atomic E-state index is 0.0587. The summed E-state index contributed by atoms with van der Waals surface area (Å²) >= 11 is 5.97. The molecule has 0 unspecified atom stereocenters. The van der Waals surface area contributed by atoms with Crippen LogP contribution in [0.5, 0.6) is 0 Å². The third kappa shape index (κ3) is 4.25. The topological polar surface area (TPSA) is 61.7 Å². The summed E-state index contributed by atoms with van der Waals surface area (Å²) in [6.45, 7) is 4.55. The molecule has 6 rings (SSSR count). The van der Waals surface area contributed by atoms with Gasteiger partial charge in [-0.05, 0) is 48.5 Å². The fourth-order valence-corrected chi connectivity index (χ4v) is 5.19. The Morgan fingerprint density at radius 2 is 1.56 bits per heavy atom. The molecule has 2 aromatic heterocycles. The molecule has 0 atom stereocenters. The summed E-state index contributed by atoms with van der Waals surface area (Å²) in [6.07, 6.45) is 3.58. The predicted octanol–water partition coefficient (Wildman–Crippen LogP) is 3.96. The number of amides is 2. The average molecular weight is 500 g/mol. The van der Waals surface area contributed by atoms with Crippen molar-refractivity contribution >= 4 is 34.3 Å².